The summed E-state index contributed by atoms with van der Waals surface area (Å²) in [6.45, 7) is 4.02. The monoisotopic (exact) mass is 418 g/mol. The Morgan fingerprint density at radius 1 is 1.23 bits per heavy atom. The van der Waals surface area contributed by atoms with Gasteiger partial charge in [0.25, 0.3) is 5.69 Å². The van der Waals surface area contributed by atoms with Crippen LogP contribution < -0.4 is 0 Å². The molecular formula is C22H15ClN4O3. The number of nitro groups is 1. The predicted octanol–water partition coefficient (Wildman–Crippen LogP) is 6.07. The van der Waals surface area contributed by atoms with Crippen LogP contribution in [0, 0.1) is 35.3 Å². The normalized spacial score (nSPS) is 11.6. The Hall–Kier alpha value is -3.89. The number of hydrogen-bond donors (Lipinski definition) is 1. The molecule has 148 valence electrons. The van der Waals surface area contributed by atoms with Gasteiger partial charge < -0.3 is 9.40 Å². The number of nitriles is 1. The SMILES string of the molecule is Cc1cc2nc(/C(C#N)=C/c3ccc(-c4ccc(Cl)cc4[N+](=O)[O-])o3)[nH]c2cc1C. The van der Waals surface area contributed by atoms with Gasteiger partial charge in [-0.1, -0.05) is 11.6 Å². The summed E-state index contributed by atoms with van der Waals surface area (Å²) in [5, 5.41) is 21.2. The Morgan fingerprint density at radius 2 is 2.00 bits per heavy atom. The fourth-order valence-electron chi connectivity index (χ4n) is 3.13. The zero-order valence-corrected chi connectivity index (χ0v) is 16.8. The molecule has 0 spiro atoms. The van der Waals surface area contributed by atoms with Crippen molar-refractivity contribution in [1.29, 1.82) is 5.26 Å². The molecule has 0 saturated carbocycles. The van der Waals surface area contributed by atoms with E-state index in [1.165, 1.54) is 12.1 Å². The van der Waals surface area contributed by atoms with Crippen molar-refractivity contribution in [1.82, 2.24) is 9.97 Å². The number of aromatic amines is 1. The maximum absolute atomic E-state index is 11.3. The Morgan fingerprint density at radius 3 is 2.73 bits per heavy atom. The van der Waals surface area contributed by atoms with Gasteiger partial charge >= 0.3 is 0 Å². The minimum absolute atomic E-state index is 0.157. The fraction of sp³-hybridized carbons (Fsp3) is 0.0909. The van der Waals surface area contributed by atoms with Crippen molar-refractivity contribution < 1.29 is 9.34 Å². The number of aromatic nitrogens is 2. The average molecular weight is 419 g/mol. The van der Waals surface area contributed by atoms with Gasteiger partial charge in [0.05, 0.1) is 27.1 Å². The molecule has 0 radical (unpaired) electrons. The van der Waals surface area contributed by atoms with Crippen LogP contribution in [-0.2, 0) is 0 Å². The number of H-pyrrole nitrogens is 1. The molecule has 0 amide bonds. The van der Waals surface area contributed by atoms with E-state index in [4.69, 9.17) is 16.0 Å². The lowest BCUT2D eigenvalue weighted by Crippen LogP contribution is -1.91. The van der Waals surface area contributed by atoms with Crippen LogP contribution in [0.3, 0.4) is 0 Å². The molecule has 0 atom stereocenters. The van der Waals surface area contributed by atoms with Crippen LogP contribution in [0.1, 0.15) is 22.7 Å². The predicted molar refractivity (Wildman–Crippen MR) is 115 cm³/mol. The molecule has 1 N–H and O–H groups in total. The van der Waals surface area contributed by atoms with Gasteiger partial charge in [0, 0.05) is 17.2 Å². The highest BCUT2D eigenvalue weighted by atomic mass is 35.5. The van der Waals surface area contributed by atoms with Crippen molar-refractivity contribution in [2.75, 3.05) is 0 Å². The number of imidazole rings is 1. The second kappa shape index (κ2) is 7.50. The molecule has 0 aliphatic rings. The molecule has 2 aromatic carbocycles. The third kappa shape index (κ3) is 3.56. The first-order valence-electron chi connectivity index (χ1n) is 8.99. The van der Waals surface area contributed by atoms with Gasteiger partial charge in [-0.3, -0.25) is 10.1 Å². The number of rotatable bonds is 4. The Kier molecular flexibility index (Phi) is 4.86. The maximum Gasteiger partial charge on any atom is 0.281 e. The molecule has 7 nitrogen and oxygen atoms in total. The summed E-state index contributed by atoms with van der Waals surface area (Å²) in [4.78, 5) is 18.5. The molecule has 0 aliphatic heterocycles. The molecule has 0 fully saturated rings. The van der Waals surface area contributed by atoms with E-state index in [1.54, 1.807) is 24.3 Å². The summed E-state index contributed by atoms with van der Waals surface area (Å²) < 4.78 is 5.75. The second-order valence-corrected chi connectivity index (χ2v) is 7.27. The zero-order chi connectivity index (χ0) is 21.4. The average Bonchev–Trinajstić information content (AvgIpc) is 3.33. The van der Waals surface area contributed by atoms with E-state index in [0.29, 0.717) is 22.9 Å². The number of benzene rings is 2. The van der Waals surface area contributed by atoms with Crippen molar-refractivity contribution >= 4 is 40.0 Å². The van der Waals surface area contributed by atoms with Gasteiger partial charge in [-0.15, -0.1) is 0 Å². The van der Waals surface area contributed by atoms with Crippen molar-refractivity contribution in [3.8, 4) is 17.4 Å². The Balaban J connectivity index is 1.73. The van der Waals surface area contributed by atoms with Crippen molar-refractivity contribution in [2.45, 2.75) is 13.8 Å². The molecule has 0 aliphatic carbocycles. The summed E-state index contributed by atoms with van der Waals surface area (Å²) >= 11 is 5.87. The number of allylic oxidation sites excluding steroid dienone is 1. The molecule has 0 unspecified atom stereocenters. The van der Waals surface area contributed by atoms with Gasteiger partial charge in [0.2, 0.25) is 0 Å². The summed E-state index contributed by atoms with van der Waals surface area (Å²) in [5.41, 5.74) is 4.28. The van der Waals surface area contributed by atoms with Crippen molar-refractivity contribution in [3.63, 3.8) is 0 Å². The minimum Gasteiger partial charge on any atom is -0.456 e. The molecule has 30 heavy (non-hydrogen) atoms. The van der Waals surface area contributed by atoms with Gasteiger partial charge in [0.1, 0.15) is 23.4 Å². The minimum atomic E-state index is -0.516. The number of halogens is 1. The number of hydrogen-bond acceptors (Lipinski definition) is 5. The smallest absolute Gasteiger partial charge is 0.281 e. The number of nitro benzene ring substituents is 1. The van der Waals surface area contributed by atoms with Gasteiger partial charge in [-0.25, -0.2) is 4.98 Å². The standard InChI is InChI=1S/C22H15ClN4O3/c1-12-7-18-19(8-13(12)2)26-22(25-18)14(11-24)9-16-4-6-21(30-16)17-5-3-15(23)10-20(17)27(28)29/h3-10H,1-2H3,(H,25,26)/b14-9+. The third-order valence-electron chi connectivity index (χ3n) is 4.81. The summed E-state index contributed by atoms with van der Waals surface area (Å²) in [6.07, 6.45) is 1.54. The van der Waals surface area contributed by atoms with Crippen molar-refractivity contribution in [2.24, 2.45) is 0 Å². The number of nitrogens with zero attached hydrogens (tertiary/aromatic N) is 3. The first-order valence-corrected chi connectivity index (χ1v) is 9.37. The van der Waals surface area contributed by atoms with E-state index in [0.717, 1.165) is 22.2 Å². The summed E-state index contributed by atoms with van der Waals surface area (Å²) in [6, 6.07) is 13.7. The van der Waals surface area contributed by atoms with E-state index in [9.17, 15) is 15.4 Å². The maximum atomic E-state index is 11.3. The Labute approximate surface area is 176 Å². The number of nitrogens with one attached hydrogen (secondary N) is 1. The van der Waals surface area contributed by atoms with Gasteiger partial charge in [0.15, 0.2) is 0 Å². The van der Waals surface area contributed by atoms with Gasteiger partial charge in [-0.05, 0) is 61.4 Å². The van der Waals surface area contributed by atoms with E-state index in [1.807, 2.05) is 26.0 Å². The number of furan rings is 1. The van der Waals surface area contributed by atoms with Gasteiger partial charge in [-0.2, -0.15) is 5.26 Å². The first-order chi connectivity index (χ1) is 14.4. The Bertz CT molecular complexity index is 1340. The second-order valence-electron chi connectivity index (χ2n) is 6.83. The summed E-state index contributed by atoms with van der Waals surface area (Å²) in [7, 11) is 0. The van der Waals surface area contributed by atoms with E-state index >= 15 is 0 Å². The van der Waals surface area contributed by atoms with Crippen LogP contribution in [0.25, 0.3) is 34.0 Å². The van der Waals surface area contributed by atoms with Crippen LogP contribution in [-0.4, -0.2) is 14.9 Å². The third-order valence-corrected chi connectivity index (χ3v) is 5.04. The van der Waals surface area contributed by atoms with Crippen molar-refractivity contribution in [3.05, 3.63) is 80.3 Å². The van der Waals surface area contributed by atoms with E-state index in [2.05, 4.69) is 16.0 Å². The quantitative estimate of drug-likeness (QED) is 0.246. The van der Waals surface area contributed by atoms with Crippen LogP contribution in [0.4, 0.5) is 5.69 Å². The molecule has 4 aromatic rings. The number of aryl methyl sites for hydroxylation is 2. The highest BCUT2D eigenvalue weighted by Gasteiger charge is 2.19. The van der Waals surface area contributed by atoms with Crippen LogP contribution in [0.15, 0.2) is 46.9 Å². The highest BCUT2D eigenvalue weighted by Crippen LogP contribution is 2.34. The molecular weight excluding hydrogens is 404 g/mol. The molecule has 8 heteroatoms. The molecule has 4 rings (SSSR count). The zero-order valence-electron chi connectivity index (χ0n) is 16.1. The molecule has 0 saturated heterocycles. The van der Waals surface area contributed by atoms with Crippen LogP contribution in [0.5, 0.6) is 0 Å². The summed E-state index contributed by atoms with van der Waals surface area (Å²) in [5.74, 6) is 1.10. The molecule has 2 aromatic heterocycles. The van der Waals surface area contributed by atoms with E-state index in [-0.39, 0.29) is 16.3 Å². The lowest BCUT2D eigenvalue weighted by atomic mass is 10.1. The van der Waals surface area contributed by atoms with Crippen LogP contribution >= 0.6 is 11.6 Å². The number of fused-ring (bicyclic) bond motifs is 1. The lowest BCUT2D eigenvalue weighted by molar-refractivity contribution is -0.384. The lowest BCUT2D eigenvalue weighted by Gasteiger charge is -2.00. The molecule has 2 heterocycles. The fourth-order valence-corrected chi connectivity index (χ4v) is 3.30. The largest absolute Gasteiger partial charge is 0.456 e. The molecule has 0 bridgehead atoms. The highest BCUT2D eigenvalue weighted by molar-refractivity contribution is 6.30. The van der Waals surface area contributed by atoms with E-state index < -0.39 is 4.92 Å². The van der Waals surface area contributed by atoms with Crippen LogP contribution in [0.2, 0.25) is 5.02 Å². The first kappa shape index (κ1) is 19.4. The topological polar surface area (TPSA) is 109 Å².